The molecule has 9 nitrogen and oxygen atoms in total. The smallest absolute Gasteiger partial charge is 0.414 e. The highest BCUT2D eigenvalue weighted by molar-refractivity contribution is 6.37. The summed E-state index contributed by atoms with van der Waals surface area (Å²) in [7, 11) is 0. The number of nitrogens with zero attached hydrogens (tertiary/aromatic N) is 1. The average Bonchev–Trinajstić information content (AvgIpc) is 2.81. The molecule has 0 saturated heterocycles. The van der Waals surface area contributed by atoms with Gasteiger partial charge in [0.1, 0.15) is 18.0 Å². The van der Waals surface area contributed by atoms with E-state index in [9.17, 15) is 19.5 Å². The molecule has 0 unspecified atom stereocenters. The van der Waals surface area contributed by atoms with Crippen LogP contribution in [0.5, 0.6) is 17.2 Å². The minimum atomic E-state index is -1.26. The number of halogens is 2. The molecular weight excluding hydrogens is 499 g/mol. The maximum Gasteiger partial charge on any atom is 0.414 e. The van der Waals surface area contributed by atoms with Gasteiger partial charge in [-0.3, -0.25) is 14.5 Å². The zero-order chi connectivity index (χ0) is 25.5. The van der Waals surface area contributed by atoms with E-state index in [1.54, 1.807) is 6.92 Å². The predicted octanol–water partition coefficient (Wildman–Crippen LogP) is 5.60. The molecule has 1 aliphatic carbocycles. The molecular formula is C24H26Cl2N2O7. The van der Waals surface area contributed by atoms with Crippen LogP contribution in [0.2, 0.25) is 10.0 Å². The van der Waals surface area contributed by atoms with Gasteiger partial charge in [0.05, 0.1) is 27.9 Å². The Bertz CT molecular complexity index is 1080. The summed E-state index contributed by atoms with van der Waals surface area (Å²) in [6.07, 6.45) is 4.16. The summed E-state index contributed by atoms with van der Waals surface area (Å²) in [4.78, 5) is 37.0. The topological polar surface area (TPSA) is 125 Å². The van der Waals surface area contributed by atoms with E-state index in [2.05, 4.69) is 5.32 Å². The van der Waals surface area contributed by atoms with Crippen molar-refractivity contribution in [1.29, 1.82) is 0 Å². The first-order chi connectivity index (χ1) is 16.7. The Hall–Kier alpha value is -3.17. The summed E-state index contributed by atoms with van der Waals surface area (Å²) in [5, 5.41) is 22.3. The number of amides is 2. The first-order valence-electron chi connectivity index (χ1n) is 11.2. The minimum absolute atomic E-state index is 0.00605. The molecule has 1 aliphatic rings. The number of carbonyl (C=O) groups excluding carboxylic acids is 2. The summed E-state index contributed by atoms with van der Waals surface area (Å²) < 4.78 is 10.7. The highest BCUT2D eigenvalue weighted by atomic mass is 35.5. The molecule has 0 atom stereocenters. The van der Waals surface area contributed by atoms with E-state index >= 15 is 0 Å². The fraction of sp³-hybridized carbons (Fsp3) is 0.375. The monoisotopic (exact) mass is 524 g/mol. The van der Waals surface area contributed by atoms with Crippen LogP contribution >= 0.6 is 23.2 Å². The number of hydrogen-bond acceptors (Lipinski definition) is 6. The maximum atomic E-state index is 12.7. The van der Waals surface area contributed by atoms with Gasteiger partial charge in [0, 0.05) is 6.04 Å². The fourth-order valence-electron chi connectivity index (χ4n) is 3.79. The number of carbonyl (C=O) groups is 3. The first-order valence-corrected chi connectivity index (χ1v) is 11.9. The number of phenols is 1. The highest BCUT2D eigenvalue weighted by Gasteiger charge is 2.24. The van der Waals surface area contributed by atoms with Crippen molar-refractivity contribution in [1.82, 2.24) is 5.32 Å². The third-order valence-corrected chi connectivity index (χ3v) is 6.01. The van der Waals surface area contributed by atoms with Gasteiger partial charge in [-0.05, 0) is 50.1 Å². The zero-order valence-electron chi connectivity index (χ0n) is 19.1. The van der Waals surface area contributed by atoms with Gasteiger partial charge in [0.15, 0.2) is 5.75 Å². The Morgan fingerprint density at radius 2 is 1.74 bits per heavy atom. The molecule has 0 radical (unpaired) electrons. The van der Waals surface area contributed by atoms with E-state index in [0.717, 1.165) is 37.0 Å². The van der Waals surface area contributed by atoms with Crippen molar-refractivity contribution in [2.75, 3.05) is 18.1 Å². The SMILES string of the molecule is CCOC(=O)N(CC(=O)O)c1cc(Cl)c(Oc2ccc(O)c(C(=O)NC3CCCCC3)c2)c(Cl)c1. The molecule has 3 rings (SSSR count). The van der Waals surface area contributed by atoms with Gasteiger partial charge in [-0.2, -0.15) is 0 Å². The number of carboxylic acids is 1. The van der Waals surface area contributed by atoms with Gasteiger partial charge in [-0.1, -0.05) is 42.5 Å². The Labute approximate surface area is 212 Å². The largest absolute Gasteiger partial charge is 0.507 e. The van der Waals surface area contributed by atoms with E-state index in [1.165, 1.54) is 30.3 Å². The average molecular weight is 525 g/mol. The normalized spacial score (nSPS) is 13.7. The van der Waals surface area contributed by atoms with Crippen molar-refractivity contribution in [3.05, 3.63) is 45.9 Å². The number of ether oxygens (including phenoxy) is 2. The molecule has 2 aromatic rings. The lowest BCUT2D eigenvalue weighted by molar-refractivity contribution is -0.135. The second-order valence-electron chi connectivity index (χ2n) is 8.01. The minimum Gasteiger partial charge on any atom is -0.507 e. The van der Waals surface area contributed by atoms with Crippen LogP contribution in [0.25, 0.3) is 0 Å². The summed E-state index contributed by atoms with van der Waals surface area (Å²) >= 11 is 12.7. The first kappa shape index (κ1) is 26.4. The van der Waals surface area contributed by atoms with Crippen LogP contribution < -0.4 is 15.0 Å². The van der Waals surface area contributed by atoms with E-state index in [1.807, 2.05) is 0 Å². The molecule has 2 amide bonds. The van der Waals surface area contributed by atoms with Crippen molar-refractivity contribution in [2.45, 2.75) is 45.1 Å². The van der Waals surface area contributed by atoms with Crippen molar-refractivity contribution >= 4 is 46.9 Å². The second kappa shape index (κ2) is 12.0. The Kier molecular flexibility index (Phi) is 9.06. The van der Waals surface area contributed by atoms with Crippen LogP contribution in [0.1, 0.15) is 49.4 Å². The molecule has 1 fully saturated rings. The molecule has 1 saturated carbocycles. The standard InChI is InChI=1S/C24H26Cl2N2O7/c1-2-34-24(33)28(13-21(30)31)15-10-18(25)22(19(26)11-15)35-16-8-9-20(29)17(12-16)23(32)27-14-6-4-3-5-7-14/h8-12,14,29H,2-7,13H2,1H3,(H,27,32)(H,30,31). The highest BCUT2D eigenvalue weighted by Crippen LogP contribution is 2.40. The number of hydrogen-bond donors (Lipinski definition) is 3. The molecule has 11 heteroatoms. The van der Waals surface area contributed by atoms with Crippen molar-refractivity contribution in [2.24, 2.45) is 0 Å². The molecule has 3 N–H and O–H groups in total. The maximum absolute atomic E-state index is 12.7. The molecule has 188 valence electrons. The van der Waals surface area contributed by atoms with Gasteiger partial charge in [-0.25, -0.2) is 4.79 Å². The van der Waals surface area contributed by atoms with Gasteiger partial charge in [0.2, 0.25) is 0 Å². The number of carboxylic acid groups (broad SMARTS) is 1. The molecule has 2 aromatic carbocycles. The quantitative estimate of drug-likeness (QED) is 0.410. The van der Waals surface area contributed by atoms with Gasteiger partial charge in [0.25, 0.3) is 5.91 Å². The van der Waals surface area contributed by atoms with Crippen LogP contribution in [0.4, 0.5) is 10.5 Å². The Morgan fingerprint density at radius 1 is 1.09 bits per heavy atom. The van der Waals surface area contributed by atoms with Gasteiger partial charge in [-0.15, -0.1) is 0 Å². The third-order valence-electron chi connectivity index (χ3n) is 5.45. The molecule has 0 bridgehead atoms. The number of anilines is 1. The lowest BCUT2D eigenvalue weighted by atomic mass is 9.95. The van der Waals surface area contributed by atoms with Crippen molar-refractivity contribution < 1.29 is 34.1 Å². The molecule has 0 aromatic heterocycles. The molecule has 0 spiro atoms. The Morgan fingerprint density at radius 3 is 2.34 bits per heavy atom. The van der Waals surface area contributed by atoms with Crippen molar-refractivity contribution in [3.8, 4) is 17.2 Å². The van der Waals surface area contributed by atoms with Crippen LogP contribution in [-0.2, 0) is 9.53 Å². The number of aromatic hydroxyl groups is 1. The summed E-state index contributed by atoms with van der Waals surface area (Å²) in [6, 6.07) is 6.85. The lowest BCUT2D eigenvalue weighted by Crippen LogP contribution is -2.36. The van der Waals surface area contributed by atoms with E-state index in [4.69, 9.17) is 37.8 Å². The van der Waals surface area contributed by atoms with Gasteiger partial charge < -0.3 is 25.0 Å². The number of phenolic OH excluding ortho intramolecular Hbond substituents is 1. The molecule has 0 heterocycles. The summed E-state index contributed by atoms with van der Waals surface area (Å²) in [5.41, 5.74) is 0.151. The number of nitrogens with one attached hydrogen (secondary N) is 1. The van der Waals surface area contributed by atoms with E-state index in [-0.39, 0.29) is 51.2 Å². The third kappa shape index (κ3) is 6.93. The number of rotatable bonds is 8. The zero-order valence-corrected chi connectivity index (χ0v) is 20.6. The number of aliphatic carboxylic acids is 1. The number of benzene rings is 2. The van der Waals surface area contributed by atoms with Crippen LogP contribution in [0.3, 0.4) is 0 Å². The second-order valence-corrected chi connectivity index (χ2v) is 8.82. The van der Waals surface area contributed by atoms with Crippen LogP contribution in [-0.4, -0.2) is 47.4 Å². The van der Waals surface area contributed by atoms with Gasteiger partial charge >= 0.3 is 12.1 Å². The van der Waals surface area contributed by atoms with E-state index in [0.29, 0.717) is 0 Å². The molecule has 0 aliphatic heterocycles. The van der Waals surface area contributed by atoms with Crippen LogP contribution in [0.15, 0.2) is 30.3 Å². The molecule has 35 heavy (non-hydrogen) atoms. The lowest BCUT2D eigenvalue weighted by Gasteiger charge is -2.23. The fourth-order valence-corrected chi connectivity index (χ4v) is 4.34. The summed E-state index contributed by atoms with van der Waals surface area (Å²) in [5.74, 6) is -1.64. The summed E-state index contributed by atoms with van der Waals surface area (Å²) in [6.45, 7) is 0.979. The van der Waals surface area contributed by atoms with Crippen LogP contribution in [0, 0.1) is 0 Å². The van der Waals surface area contributed by atoms with E-state index < -0.39 is 24.5 Å². The Balaban J connectivity index is 1.83. The predicted molar refractivity (Wildman–Crippen MR) is 131 cm³/mol. The van der Waals surface area contributed by atoms with Crippen molar-refractivity contribution in [3.63, 3.8) is 0 Å².